The van der Waals surface area contributed by atoms with E-state index < -0.39 is 12.1 Å². The van der Waals surface area contributed by atoms with Gasteiger partial charge in [-0.15, -0.1) is 0 Å². The van der Waals surface area contributed by atoms with E-state index in [0.717, 1.165) is 122 Å². The van der Waals surface area contributed by atoms with Gasteiger partial charge in [0.15, 0.2) is 6.10 Å². The predicted octanol–water partition coefficient (Wildman–Crippen LogP) is 21.9. The molecule has 0 aliphatic carbocycles. The van der Waals surface area contributed by atoms with Crippen molar-refractivity contribution in [3.05, 3.63) is 146 Å². The van der Waals surface area contributed by atoms with E-state index in [9.17, 15) is 14.4 Å². The summed E-state index contributed by atoms with van der Waals surface area (Å²) >= 11 is 0. The Morgan fingerprint density at radius 2 is 0.526 bits per heavy atom. The molecular formula is C72H116O6. The molecule has 440 valence electrons. The van der Waals surface area contributed by atoms with Gasteiger partial charge in [0.2, 0.25) is 0 Å². The van der Waals surface area contributed by atoms with Gasteiger partial charge in [-0.2, -0.15) is 0 Å². The van der Waals surface area contributed by atoms with Crippen LogP contribution in [0.1, 0.15) is 271 Å². The topological polar surface area (TPSA) is 78.9 Å². The third-order valence-electron chi connectivity index (χ3n) is 13.1. The zero-order valence-electron chi connectivity index (χ0n) is 50.4. The molecule has 0 aliphatic rings. The highest BCUT2D eigenvalue weighted by Crippen LogP contribution is 2.15. The van der Waals surface area contributed by atoms with Crippen LogP contribution in [-0.2, 0) is 28.6 Å². The lowest BCUT2D eigenvalue weighted by Gasteiger charge is -2.18. The summed E-state index contributed by atoms with van der Waals surface area (Å²) in [5, 5.41) is 0. The van der Waals surface area contributed by atoms with E-state index in [-0.39, 0.29) is 31.6 Å². The first-order valence-electron chi connectivity index (χ1n) is 31.8. The summed E-state index contributed by atoms with van der Waals surface area (Å²) in [6.07, 6.45) is 92.9. The van der Waals surface area contributed by atoms with Gasteiger partial charge in [0.1, 0.15) is 13.2 Å². The molecule has 1 unspecified atom stereocenters. The Bertz CT molecular complexity index is 1710. The Kier molecular flexibility index (Phi) is 60.9. The first kappa shape index (κ1) is 73.3. The number of carbonyl (C=O) groups excluding carboxylic acids is 3. The van der Waals surface area contributed by atoms with Crippen LogP contribution in [0.4, 0.5) is 0 Å². The summed E-state index contributed by atoms with van der Waals surface area (Å²) in [6, 6.07) is 0. The second kappa shape index (κ2) is 64.8. The molecule has 0 rings (SSSR count). The van der Waals surface area contributed by atoms with Crippen molar-refractivity contribution in [1.82, 2.24) is 0 Å². The van der Waals surface area contributed by atoms with Crippen LogP contribution in [-0.4, -0.2) is 37.2 Å². The number of esters is 3. The standard InChI is InChI=1S/C72H116O6/c1-4-7-10-13-16-19-22-25-27-29-31-32-33-34-35-36-37-38-39-40-42-43-45-47-50-53-56-59-62-65-71(74)77-68-69(67-76-70(73)64-61-58-55-52-49-24-21-18-15-12-9-6-3)78-72(75)66-63-60-57-54-51-48-46-44-41-30-28-26-23-20-17-14-11-8-5-2/h7-8,10-11,16-17,19-20,25-28,31-32,34-35,37-38,41,44,48,51,57,60,69H,4-6,9,12-15,18,21-24,29-30,33,36,39-40,42-43,45-47,49-50,52-56,58-59,61-68H2,1-3H3/b10-7-,11-8-,19-16-,20-17-,27-25-,28-26-,32-31-,35-34-,38-37-,44-41-,51-48-,60-57-. The molecule has 0 saturated carbocycles. The Morgan fingerprint density at radius 1 is 0.269 bits per heavy atom. The fraction of sp³-hybridized carbons (Fsp3) is 0.625. The number of allylic oxidation sites excluding steroid dienone is 24. The Hall–Kier alpha value is -4.71. The fourth-order valence-corrected chi connectivity index (χ4v) is 8.41. The number of unbranched alkanes of at least 4 members (excludes halogenated alkanes) is 21. The molecule has 0 bridgehead atoms. The molecule has 0 saturated heterocycles. The smallest absolute Gasteiger partial charge is 0.306 e. The Labute approximate surface area is 480 Å². The van der Waals surface area contributed by atoms with Crippen molar-refractivity contribution in [3.63, 3.8) is 0 Å². The second-order valence-corrected chi connectivity index (χ2v) is 20.6. The first-order chi connectivity index (χ1) is 38.5. The molecule has 0 fully saturated rings. The van der Waals surface area contributed by atoms with Crippen LogP contribution < -0.4 is 0 Å². The number of carbonyl (C=O) groups is 3. The van der Waals surface area contributed by atoms with Crippen molar-refractivity contribution in [3.8, 4) is 0 Å². The summed E-state index contributed by atoms with van der Waals surface area (Å²) in [5.74, 6) is -1.00. The second-order valence-electron chi connectivity index (χ2n) is 20.6. The van der Waals surface area contributed by atoms with Gasteiger partial charge in [-0.25, -0.2) is 0 Å². The zero-order chi connectivity index (χ0) is 56.4. The van der Waals surface area contributed by atoms with Crippen molar-refractivity contribution in [2.24, 2.45) is 0 Å². The van der Waals surface area contributed by atoms with E-state index in [1.165, 1.54) is 103 Å². The predicted molar refractivity (Wildman–Crippen MR) is 339 cm³/mol. The molecule has 0 N–H and O–H groups in total. The van der Waals surface area contributed by atoms with Gasteiger partial charge in [-0.05, 0) is 109 Å². The number of hydrogen-bond donors (Lipinski definition) is 0. The van der Waals surface area contributed by atoms with Gasteiger partial charge in [0.05, 0.1) is 0 Å². The molecule has 0 aromatic heterocycles. The molecule has 6 heteroatoms. The molecule has 0 aliphatic heterocycles. The van der Waals surface area contributed by atoms with E-state index in [2.05, 4.69) is 161 Å². The van der Waals surface area contributed by atoms with Crippen molar-refractivity contribution < 1.29 is 28.6 Å². The zero-order valence-corrected chi connectivity index (χ0v) is 50.4. The van der Waals surface area contributed by atoms with E-state index in [0.29, 0.717) is 19.3 Å². The van der Waals surface area contributed by atoms with Crippen LogP contribution in [0.3, 0.4) is 0 Å². The summed E-state index contributed by atoms with van der Waals surface area (Å²) in [7, 11) is 0. The van der Waals surface area contributed by atoms with Crippen molar-refractivity contribution in [2.45, 2.75) is 277 Å². The number of hydrogen-bond acceptors (Lipinski definition) is 6. The minimum atomic E-state index is -0.825. The van der Waals surface area contributed by atoms with Crippen LogP contribution in [0, 0.1) is 0 Å². The van der Waals surface area contributed by atoms with E-state index in [4.69, 9.17) is 14.2 Å². The lowest BCUT2D eigenvalue weighted by Crippen LogP contribution is -2.30. The lowest BCUT2D eigenvalue weighted by molar-refractivity contribution is -0.166. The van der Waals surface area contributed by atoms with Crippen molar-refractivity contribution in [1.29, 1.82) is 0 Å². The van der Waals surface area contributed by atoms with Crippen LogP contribution in [0.25, 0.3) is 0 Å². The monoisotopic (exact) mass is 1080 g/mol. The molecule has 0 radical (unpaired) electrons. The molecule has 0 aromatic rings. The van der Waals surface area contributed by atoms with Gasteiger partial charge in [0.25, 0.3) is 0 Å². The number of rotatable bonds is 56. The maximum atomic E-state index is 12.9. The quantitative estimate of drug-likeness (QED) is 0.0261. The molecule has 0 amide bonds. The van der Waals surface area contributed by atoms with Crippen LogP contribution in [0.15, 0.2) is 146 Å². The summed E-state index contributed by atoms with van der Waals surface area (Å²) in [4.78, 5) is 38.2. The third kappa shape index (κ3) is 62.1. The van der Waals surface area contributed by atoms with Gasteiger partial charge in [0, 0.05) is 19.3 Å². The van der Waals surface area contributed by atoms with Crippen molar-refractivity contribution >= 4 is 17.9 Å². The summed E-state index contributed by atoms with van der Waals surface area (Å²) < 4.78 is 16.8. The highest BCUT2D eigenvalue weighted by atomic mass is 16.6. The molecule has 6 nitrogen and oxygen atoms in total. The van der Waals surface area contributed by atoms with Crippen LogP contribution >= 0.6 is 0 Å². The minimum Gasteiger partial charge on any atom is -0.462 e. The average molecular weight is 1080 g/mol. The molecule has 0 spiro atoms. The average Bonchev–Trinajstić information content (AvgIpc) is 3.44. The lowest BCUT2D eigenvalue weighted by atomic mass is 10.0. The summed E-state index contributed by atoms with van der Waals surface area (Å²) in [6.45, 7) is 6.35. The minimum absolute atomic E-state index is 0.112. The van der Waals surface area contributed by atoms with Gasteiger partial charge < -0.3 is 14.2 Å². The molecule has 0 heterocycles. The Morgan fingerprint density at radius 3 is 0.833 bits per heavy atom. The van der Waals surface area contributed by atoms with Crippen LogP contribution in [0.2, 0.25) is 0 Å². The Balaban J connectivity index is 4.38. The highest BCUT2D eigenvalue weighted by Gasteiger charge is 2.19. The molecule has 1 atom stereocenters. The largest absolute Gasteiger partial charge is 0.462 e. The normalized spacial score (nSPS) is 13.1. The maximum absolute atomic E-state index is 12.9. The SMILES string of the molecule is CC/C=C\C/C=C\C/C=C\C/C=C\C/C=C\C/C=C\CCCCCCCCCCCCC(=O)OCC(COC(=O)CCCCCCCCCCCCCC)OC(=O)CC/C=C\C/C=C\C/C=C\C/C=C\C/C=C\C/C=C\CC. The molecular weight excluding hydrogens is 961 g/mol. The van der Waals surface area contributed by atoms with Gasteiger partial charge >= 0.3 is 17.9 Å². The van der Waals surface area contributed by atoms with Crippen LogP contribution in [0.5, 0.6) is 0 Å². The van der Waals surface area contributed by atoms with E-state index in [1.54, 1.807) is 0 Å². The molecule has 0 aromatic carbocycles. The van der Waals surface area contributed by atoms with Gasteiger partial charge in [-0.1, -0.05) is 289 Å². The van der Waals surface area contributed by atoms with Gasteiger partial charge in [-0.3, -0.25) is 14.4 Å². The maximum Gasteiger partial charge on any atom is 0.306 e. The fourth-order valence-electron chi connectivity index (χ4n) is 8.41. The first-order valence-corrected chi connectivity index (χ1v) is 31.8. The third-order valence-corrected chi connectivity index (χ3v) is 13.1. The highest BCUT2D eigenvalue weighted by molar-refractivity contribution is 5.71. The van der Waals surface area contributed by atoms with E-state index >= 15 is 0 Å². The van der Waals surface area contributed by atoms with E-state index in [1.807, 2.05) is 6.08 Å². The molecule has 78 heavy (non-hydrogen) atoms. The number of ether oxygens (including phenoxy) is 3. The van der Waals surface area contributed by atoms with Crippen molar-refractivity contribution in [2.75, 3.05) is 13.2 Å². The summed E-state index contributed by atoms with van der Waals surface area (Å²) in [5.41, 5.74) is 0.